The van der Waals surface area contributed by atoms with Gasteiger partial charge in [0.25, 0.3) is 5.91 Å². The van der Waals surface area contributed by atoms with Gasteiger partial charge in [0.1, 0.15) is 0 Å². The van der Waals surface area contributed by atoms with Crippen LogP contribution in [0.25, 0.3) is 0 Å². The van der Waals surface area contributed by atoms with Gasteiger partial charge in [-0.05, 0) is 41.4 Å². The summed E-state index contributed by atoms with van der Waals surface area (Å²) >= 11 is 9.46. The van der Waals surface area contributed by atoms with Gasteiger partial charge in [0.05, 0.1) is 10.6 Å². The topological polar surface area (TPSA) is 20.3 Å². The summed E-state index contributed by atoms with van der Waals surface area (Å²) in [5.41, 5.74) is 0.569. The summed E-state index contributed by atoms with van der Waals surface area (Å²) in [7, 11) is 0. The van der Waals surface area contributed by atoms with E-state index in [0.29, 0.717) is 17.1 Å². The van der Waals surface area contributed by atoms with Gasteiger partial charge in [0.2, 0.25) is 0 Å². The molecule has 17 heavy (non-hydrogen) atoms. The molecule has 0 aromatic heterocycles. The molecule has 1 rings (SSSR count). The summed E-state index contributed by atoms with van der Waals surface area (Å²) in [5.74, 6) is 0.00671. The molecule has 0 saturated carbocycles. The summed E-state index contributed by atoms with van der Waals surface area (Å²) in [6.45, 7) is 5.60. The number of amides is 1. The third-order valence-electron chi connectivity index (χ3n) is 2.63. The van der Waals surface area contributed by atoms with Crippen molar-refractivity contribution in [1.82, 2.24) is 4.90 Å². The normalized spacial score (nSPS) is 10.4. The summed E-state index contributed by atoms with van der Waals surface area (Å²) in [5, 5.41) is 0.493. The molecule has 2 nitrogen and oxygen atoms in total. The molecule has 0 aliphatic rings. The second-order valence-corrected chi connectivity index (χ2v) is 5.07. The maximum absolute atomic E-state index is 12.3. The van der Waals surface area contributed by atoms with Crippen LogP contribution in [0.3, 0.4) is 0 Å². The van der Waals surface area contributed by atoms with Gasteiger partial charge in [-0.15, -0.1) is 0 Å². The number of nitrogens with zero attached hydrogens (tertiary/aromatic N) is 1. The van der Waals surface area contributed by atoms with Gasteiger partial charge in [-0.25, -0.2) is 0 Å². The number of rotatable bonds is 5. The highest BCUT2D eigenvalue weighted by molar-refractivity contribution is 9.10. The molecule has 0 aliphatic carbocycles. The lowest BCUT2D eigenvalue weighted by atomic mass is 10.2. The van der Waals surface area contributed by atoms with Crippen LogP contribution in [-0.4, -0.2) is 23.9 Å². The Morgan fingerprint density at radius 3 is 2.71 bits per heavy atom. The van der Waals surface area contributed by atoms with Crippen molar-refractivity contribution in [1.29, 1.82) is 0 Å². The minimum absolute atomic E-state index is 0.00671. The molecule has 0 fully saturated rings. The predicted octanol–water partition coefficient (Wildman–Crippen LogP) is 4.36. The maximum atomic E-state index is 12.3. The summed E-state index contributed by atoms with van der Waals surface area (Å²) in [6.07, 6.45) is 2.10. The molecule has 0 heterocycles. The highest BCUT2D eigenvalue weighted by Gasteiger charge is 2.17. The van der Waals surface area contributed by atoms with E-state index in [9.17, 15) is 4.79 Å². The number of halogens is 2. The highest BCUT2D eigenvalue weighted by atomic mass is 79.9. The van der Waals surface area contributed by atoms with E-state index < -0.39 is 0 Å². The van der Waals surface area contributed by atoms with Crippen LogP contribution >= 0.6 is 27.5 Å². The lowest BCUT2D eigenvalue weighted by Gasteiger charge is -2.21. The summed E-state index contributed by atoms with van der Waals surface area (Å²) < 4.78 is 0.761. The average Bonchev–Trinajstić information content (AvgIpc) is 2.33. The van der Waals surface area contributed by atoms with Crippen LogP contribution < -0.4 is 0 Å². The van der Waals surface area contributed by atoms with Gasteiger partial charge < -0.3 is 4.90 Å². The van der Waals surface area contributed by atoms with Crippen LogP contribution in [0.5, 0.6) is 0 Å². The first-order valence-electron chi connectivity index (χ1n) is 5.85. The lowest BCUT2D eigenvalue weighted by Crippen LogP contribution is -2.31. The van der Waals surface area contributed by atoms with Crippen LogP contribution in [-0.2, 0) is 0 Å². The second-order valence-electron chi connectivity index (χ2n) is 3.84. The molecule has 0 spiro atoms. The molecule has 0 unspecified atom stereocenters. The third-order valence-corrected chi connectivity index (χ3v) is 3.93. The SMILES string of the molecule is CCCCN(CC)C(=O)c1cccc(Br)c1Cl. The van der Waals surface area contributed by atoms with Gasteiger partial charge in [0.15, 0.2) is 0 Å². The third kappa shape index (κ3) is 3.71. The number of benzene rings is 1. The molecule has 0 atom stereocenters. The summed E-state index contributed by atoms with van der Waals surface area (Å²) in [6, 6.07) is 5.43. The largest absolute Gasteiger partial charge is 0.339 e. The molecule has 94 valence electrons. The fourth-order valence-electron chi connectivity index (χ4n) is 1.59. The Morgan fingerprint density at radius 2 is 2.12 bits per heavy atom. The van der Waals surface area contributed by atoms with E-state index >= 15 is 0 Å². The number of hydrogen-bond donors (Lipinski definition) is 0. The molecule has 0 saturated heterocycles. The van der Waals surface area contributed by atoms with E-state index in [1.165, 1.54) is 0 Å². The first kappa shape index (κ1) is 14.5. The number of carbonyl (C=O) groups is 1. The Kier molecular flexibility index (Phi) is 6.00. The Bertz CT molecular complexity index is 395. The van der Waals surface area contributed by atoms with Crippen molar-refractivity contribution in [3.8, 4) is 0 Å². The molecule has 1 aromatic carbocycles. The van der Waals surface area contributed by atoms with Gasteiger partial charge >= 0.3 is 0 Å². The van der Waals surface area contributed by atoms with Crippen LogP contribution in [0, 0.1) is 0 Å². The smallest absolute Gasteiger partial charge is 0.255 e. The van der Waals surface area contributed by atoms with Crippen molar-refractivity contribution in [2.75, 3.05) is 13.1 Å². The zero-order chi connectivity index (χ0) is 12.8. The van der Waals surface area contributed by atoms with Crippen LogP contribution in [0.15, 0.2) is 22.7 Å². The molecule has 1 aromatic rings. The zero-order valence-corrected chi connectivity index (χ0v) is 12.5. The molecule has 1 amide bonds. The standard InChI is InChI=1S/C13H17BrClNO/c1-3-5-9-16(4-2)13(17)10-7-6-8-11(14)12(10)15/h6-8H,3-5,9H2,1-2H3. The van der Waals surface area contributed by atoms with E-state index in [1.54, 1.807) is 6.07 Å². The fourth-order valence-corrected chi connectivity index (χ4v) is 2.16. The minimum atomic E-state index is 0.00671. The summed E-state index contributed by atoms with van der Waals surface area (Å²) in [4.78, 5) is 14.1. The lowest BCUT2D eigenvalue weighted by molar-refractivity contribution is 0.0762. The second kappa shape index (κ2) is 7.02. The van der Waals surface area contributed by atoms with Crippen molar-refractivity contribution in [3.05, 3.63) is 33.3 Å². The maximum Gasteiger partial charge on any atom is 0.255 e. The Morgan fingerprint density at radius 1 is 1.41 bits per heavy atom. The van der Waals surface area contributed by atoms with E-state index in [-0.39, 0.29) is 5.91 Å². The molecule has 0 bridgehead atoms. The van der Waals surface area contributed by atoms with Crippen molar-refractivity contribution < 1.29 is 4.79 Å². The van der Waals surface area contributed by atoms with Crippen LogP contribution in [0.1, 0.15) is 37.0 Å². The molecule has 0 N–H and O–H groups in total. The number of carbonyl (C=O) groups excluding carboxylic acids is 1. The first-order chi connectivity index (χ1) is 8.11. The minimum Gasteiger partial charge on any atom is -0.339 e. The molecule has 4 heteroatoms. The Hall–Kier alpha value is -0.540. The van der Waals surface area contributed by atoms with E-state index in [0.717, 1.165) is 23.9 Å². The zero-order valence-electron chi connectivity index (χ0n) is 10.2. The predicted molar refractivity (Wildman–Crippen MR) is 75.6 cm³/mol. The average molecular weight is 319 g/mol. The van der Waals surface area contributed by atoms with Gasteiger partial charge in [0, 0.05) is 17.6 Å². The molecule has 0 aliphatic heterocycles. The Labute approximate surface area is 116 Å². The van der Waals surface area contributed by atoms with Gasteiger partial charge in [-0.2, -0.15) is 0 Å². The number of hydrogen-bond acceptors (Lipinski definition) is 1. The van der Waals surface area contributed by atoms with Crippen molar-refractivity contribution in [2.24, 2.45) is 0 Å². The van der Waals surface area contributed by atoms with E-state index in [4.69, 9.17) is 11.6 Å². The van der Waals surface area contributed by atoms with Gasteiger partial charge in [-0.1, -0.05) is 31.0 Å². The van der Waals surface area contributed by atoms with E-state index in [1.807, 2.05) is 24.0 Å². The Balaban J connectivity index is 2.90. The van der Waals surface area contributed by atoms with E-state index in [2.05, 4.69) is 22.9 Å². The molecular formula is C13H17BrClNO. The molecule has 0 radical (unpaired) electrons. The molecular weight excluding hydrogens is 302 g/mol. The fraction of sp³-hybridized carbons (Fsp3) is 0.462. The monoisotopic (exact) mass is 317 g/mol. The van der Waals surface area contributed by atoms with Crippen LogP contribution in [0.4, 0.5) is 0 Å². The van der Waals surface area contributed by atoms with Crippen LogP contribution in [0.2, 0.25) is 5.02 Å². The highest BCUT2D eigenvalue weighted by Crippen LogP contribution is 2.27. The quantitative estimate of drug-likeness (QED) is 0.789. The van der Waals surface area contributed by atoms with Crippen molar-refractivity contribution >= 4 is 33.4 Å². The first-order valence-corrected chi connectivity index (χ1v) is 7.02. The van der Waals surface area contributed by atoms with Crippen molar-refractivity contribution in [2.45, 2.75) is 26.7 Å². The van der Waals surface area contributed by atoms with Gasteiger partial charge in [-0.3, -0.25) is 4.79 Å². The number of unbranched alkanes of at least 4 members (excludes halogenated alkanes) is 1. The van der Waals surface area contributed by atoms with Crippen molar-refractivity contribution in [3.63, 3.8) is 0 Å².